The molecule has 0 aliphatic rings. The SMILES string of the molecule is CCOC(=O)c1cccc(O[C@H](C)C(=O)Nc2ccc(NC(C)=O)cc2)c1. The number of anilines is 2. The van der Waals surface area contributed by atoms with Crippen LogP contribution in [0.3, 0.4) is 0 Å². The number of hydrogen-bond donors (Lipinski definition) is 2. The topological polar surface area (TPSA) is 93.7 Å². The zero-order valence-corrected chi connectivity index (χ0v) is 15.4. The van der Waals surface area contributed by atoms with E-state index in [-0.39, 0.29) is 18.4 Å². The molecule has 2 rings (SSSR count). The highest BCUT2D eigenvalue weighted by molar-refractivity contribution is 5.95. The van der Waals surface area contributed by atoms with Gasteiger partial charge in [0.1, 0.15) is 5.75 Å². The van der Waals surface area contributed by atoms with Crippen LogP contribution in [0.2, 0.25) is 0 Å². The monoisotopic (exact) mass is 370 g/mol. The van der Waals surface area contributed by atoms with Crippen molar-refractivity contribution >= 4 is 29.2 Å². The molecule has 0 spiro atoms. The molecule has 1 atom stereocenters. The van der Waals surface area contributed by atoms with Gasteiger partial charge in [0, 0.05) is 18.3 Å². The molecule has 2 aromatic carbocycles. The first kappa shape index (κ1) is 20.0. The van der Waals surface area contributed by atoms with Crippen LogP contribution < -0.4 is 15.4 Å². The van der Waals surface area contributed by atoms with E-state index in [9.17, 15) is 14.4 Å². The number of amides is 2. The van der Waals surface area contributed by atoms with Crippen molar-refractivity contribution in [3.63, 3.8) is 0 Å². The Morgan fingerprint density at radius 3 is 2.22 bits per heavy atom. The lowest BCUT2D eigenvalue weighted by Gasteiger charge is -2.15. The summed E-state index contributed by atoms with van der Waals surface area (Å²) in [6.07, 6.45) is -0.780. The fraction of sp³-hybridized carbons (Fsp3) is 0.250. The molecule has 0 bridgehead atoms. The minimum absolute atomic E-state index is 0.168. The van der Waals surface area contributed by atoms with Gasteiger partial charge in [-0.05, 0) is 56.3 Å². The van der Waals surface area contributed by atoms with Gasteiger partial charge in [-0.2, -0.15) is 0 Å². The van der Waals surface area contributed by atoms with E-state index in [1.165, 1.54) is 13.0 Å². The molecule has 7 heteroatoms. The lowest BCUT2D eigenvalue weighted by atomic mass is 10.2. The maximum atomic E-state index is 12.3. The quantitative estimate of drug-likeness (QED) is 0.730. The van der Waals surface area contributed by atoms with Gasteiger partial charge < -0.3 is 20.1 Å². The van der Waals surface area contributed by atoms with E-state index in [2.05, 4.69) is 10.6 Å². The summed E-state index contributed by atoms with van der Waals surface area (Å²) in [4.78, 5) is 35.1. The summed E-state index contributed by atoms with van der Waals surface area (Å²) in [6.45, 7) is 5.04. The largest absolute Gasteiger partial charge is 0.481 e. The van der Waals surface area contributed by atoms with E-state index in [1.807, 2.05) is 0 Å². The van der Waals surface area contributed by atoms with Crippen LogP contribution in [0.5, 0.6) is 5.75 Å². The second-order valence-electron chi connectivity index (χ2n) is 5.76. The third-order valence-corrected chi connectivity index (χ3v) is 3.50. The Labute approximate surface area is 157 Å². The number of carbonyl (C=O) groups is 3. The van der Waals surface area contributed by atoms with Gasteiger partial charge >= 0.3 is 5.97 Å². The number of rotatable bonds is 7. The Kier molecular flexibility index (Phi) is 6.93. The summed E-state index contributed by atoms with van der Waals surface area (Å²) in [5, 5.41) is 5.38. The van der Waals surface area contributed by atoms with Gasteiger partial charge in [0.2, 0.25) is 5.91 Å². The van der Waals surface area contributed by atoms with Crippen molar-refractivity contribution in [2.45, 2.75) is 26.9 Å². The van der Waals surface area contributed by atoms with Crippen LogP contribution in [0.4, 0.5) is 11.4 Å². The van der Waals surface area contributed by atoms with Gasteiger partial charge in [-0.25, -0.2) is 4.79 Å². The van der Waals surface area contributed by atoms with E-state index in [4.69, 9.17) is 9.47 Å². The summed E-state index contributed by atoms with van der Waals surface area (Å²) >= 11 is 0. The second kappa shape index (κ2) is 9.38. The van der Waals surface area contributed by atoms with Crippen LogP contribution in [-0.4, -0.2) is 30.5 Å². The minimum atomic E-state index is -0.780. The summed E-state index contributed by atoms with van der Waals surface area (Å²) in [5.74, 6) is -0.564. The lowest BCUT2D eigenvalue weighted by Crippen LogP contribution is -2.30. The molecule has 2 N–H and O–H groups in total. The third-order valence-electron chi connectivity index (χ3n) is 3.50. The van der Waals surface area contributed by atoms with E-state index in [1.54, 1.807) is 56.3 Å². The van der Waals surface area contributed by atoms with E-state index >= 15 is 0 Å². The highest BCUT2D eigenvalue weighted by atomic mass is 16.5. The van der Waals surface area contributed by atoms with Crippen LogP contribution in [0, 0.1) is 0 Å². The molecule has 0 aliphatic heterocycles. The standard InChI is InChI=1S/C20H22N2O5/c1-4-26-20(25)15-6-5-7-18(12-15)27-13(2)19(24)22-17-10-8-16(9-11-17)21-14(3)23/h5-13H,4H2,1-3H3,(H,21,23)(H,22,24)/t13-/m1/s1. The zero-order valence-electron chi connectivity index (χ0n) is 15.4. The average molecular weight is 370 g/mol. The number of hydrogen-bond acceptors (Lipinski definition) is 5. The fourth-order valence-electron chi connectivity index (χ4n) is 2.25. The molecule has 0 fully saturated rings. The fourth-order valence-corrected chi connectivity index (χ4v) is 2.25. The molecule has 0 unspecified atom stereocenters. The Morgan fingerprint density at radius 2 is 1.63 bits per heavy atom. The first-order valence-corrected chi connectivity index (χ1v) is 8.51. The molecule has 2 aromatic rings. The molecule has 0 aliphatic carbocycles. The summed E-state index contributed by atoms with van der Waals surface area (Å²) < 4.78 is 10.6. The van der Waals surface area contributed by atoms with Crippen molar-refractivity contribution < 1.29 is 23.9 Å². The summed E-state index contributed by atoms with van der Waals surface area (Å²) in [5.41, 5.74) is 1.57. The van der Waals surface area contributed by atoms with Gasteiger partial charge in [0.25, 0.3) is 5.91 Å². The number of esters is 1. The third kappa shape index (κ3) is 6.14. The smallest absolute Gasteiger partial charge is 0.338 e. The van der Waals surface area contributed by atoms with Gasteiger partial charge in [-0.1, -0.05) is 6.07 Å². The number of carbonyl (C=O) groups excluding carboxylic acids is 3. The molecule has 27 heavy (non-hydrogen) atoms. The number of benzene rings is 2. The van der Waals surface area contributed by atoms with Crippen LogP contribution in [0.1, 0.15) is 31.1 Å². The molecule has 7 nitrogen and oxygen atoms in total. The minimum Gasteiger partial charge on any atom is -0.481 e. The highest BCUT2D eigenvalue weighted by Gasteiger charge is 2.16. The summed E-state index contributed by atoms with van der Waals surface area (Å²) in [6, 6.07) is 13.2. The van der Waals surface area contributed by atoms with Crippen molar-refractivity contribution in [3.8, 4) is 5.75 Å². The van der Waals surface area contributed by atoms with Crippen molar-refractivity contribution in [1.29, 1.82) is 0 Å². The first-order chi connectivity index (χ1) is 12.9. The van der Waals surface area contributed by atoms with Crippen LogP contribution in [0.25, 0.3) is 0 Å². The van der Waals surface area contributed by atoms with Gasteiger partial charge in [-0.15, -0.1) is 0 Å². The molecule has 0 aromatic heterocycles. The molecule has 0 heterocycles. The van der Waals surface area contributed by atoms with Crippen molar-refractivity contribution in [2.75, 3.05) is 17.2 Å². The van der Waals surface area contributed by atoms with Gasteiger partial charge in [0.05, 0.1) is 12.2 Å². The van der Waals surface area contributed by atoms with E-state index in [0.717, 1.165) is 0 Å². The summed E-state index contributed by atoms with van der Waals surface area (Å²) in [7, 11) is 0. The Hall–Kier alpha value is -3.35. The maximum Gasteiger partial charge on any atom is 0.338 e. The Morgan fingerprint density at radius 1 is 1.00 bits per heavy atom. The molecular weight excluding hydrogens is 348 g/mol. The first-order valence-electron chi connectivity index (χ1n) is 8.51. The maximum absolute atomic E-state index is 12.3. The zero-order chi connectivity index (χ0) is 19.8. The van der Waals surface area contributed by atoms with Crippen molar-refractivity contribution in [2.24, 2.45) is 0 Å². The predicted octanol–water partition coefficient (Wildman–Crippen LogP) is 3.23. The van der Waals surface area contributed by atoms with Crippen molar-refractivity contribution in [3.05, 3.63) is 54.1 Å². The second-order valence-corrected chi connectivity index (χ2v) is 5.76. The van der Waals surface area contributed by atoms with Crippen molar-refractivity contribution in [1.82, 2.24) is 0 Å². The number of nitrogens with one attached hydrogen (secondary N) is 2. The molecule has 2 amide bonds. The highest BCUT2D eigenvalue weighted by Crippen LogP contribution is 2.17. The van der Waals surface area contributed by atoms with Gasteiger partial charge in [-0.3, -0.25) is 9.59 Å². The molecular formula is C20H22N2O5. The molecule has 0 radical (unpaired) electrons. The number of ether oxygens (including phenoxy) is 2. The normalized spacial score (nSPS) is 11.2. The Balaban J connectivity index is 1.96. The lowest BCUT2D eigenvalue weighted by molar-refractivity contribution is -0.122. The molecule has 0 saturated carbocycles. The van der Waals surface area contributed by atoms with Gasteiger partial charge in [0.15, 0.2) is 6.10 Å². The predicted molar refractivity (Wildman–Crippen MR) is 102 cm³/mol. The van der Waals surface area contributed by atoms with Crippen LogP contribution >= 0.6 is 0 Å². The van der Waals surface area contributed by atoms with Crippen LogP contribution in [-0.2, 0) is 14.3 Å². The molecule has 0 saturated heterocycles. The van der Waals surface area contributed by atoms with E-state index < -0.39 is 12.1 Å². The molecule has 142 valence electrons. The Bertz CT molecular complexity index is 817. The van der Waals surface area contributed by atoms with E-state index in [0.29, 0.717) is 22.7 Å². The average Bonchev–Trinajstić information content (AvgIpc) is 2.63. The van der Waals surface area contributed by atoms with Crippen LogP contribution in [0.15, 0.2) is 48.5 Å².